The molecule has 5 heteroatoms. The smallest absolute Gasteiger partial charge is 0.0644 e. The van der Waals surface area contributed by atoms with Crippen LogP contribution in [0, 0.1) is 0 Å². The maximum atomic E-state index is 8.05. The predicted molar refractivity (Wildman–Crippen MR) is 41.2 cm³/mol. The Hall–Kier alpha value is -0.770. The highest BCUT2D eigenvalue weighted by Gasteiger charge is 2.09. The average Bonchev–Trinajstić information content (AvgIpc) is 2.28. The molecular formula is C6H12N4O. The molecular weight excluding hydrogens is 144 g/mol. The zero-order chi connectivity index (χ0) is 7.94. The fourth-order valence-corrected chi connectivity index (χ4v) is 1.04. The molecule has 1 heterocycles. The molecule has 11 heavy (non-hydrogen) atoms. The van der Waals surface area contributed by atoms with Crippen molar-refractivity contribution in [3.8, 4) is 0 Å². The van der Waals surface area contributed by atoms with E-state index in [1.165, 1.54) is 0 Å². The van der Waals surface area contributed by atoms with E-state index in [1.807, 2.05) is 0 Å². The van der Waals surface area contributed by atoms with Crippen LogP contribution in [-0.4, -0.2) is 32.3 Å². The molecule has 0 bridgehead atoms. The summed E-state index contributed by atoms with van der Waals surface area (Å²) >= 11 is 0. The van der Waals surface area contributed by atoms with E-state index in [0.29, 0.717) is 13.2 Å². The highest BCUT2D eigenvalue weighted by molar-refractivity contribution is 4.67. The van der Waals surface area contributed by atoms with Gasteiger partial charge in [-0.3, -0.25) is 0 Å². The molecule has 0 aromatic carbocycles. The molecule has 0 amide bonds. The topological polar surface area (TPSA) is 70.0 Å². The van der Waals surface area contributed by atoms with Crippen LogP contribution in [0.2, 0.25) is 0 Å². The zero-order valence-corrected chi connectivity index (χ0v) is 6.36. The largest absolute Gasteiger partial charge is 0.377 e. The van der Waals surface area contributed by atoms with Crippen molar-refractivity contribution in [2.45, 2.75) is 12.5 Å². The van der Waals surface area contributed by atoms with E-state index in [0.717, 1.165) is 19.5 Å². The molecule has 1 atom stereocenters. The van der Waals surface area contributed by atoms with Gasteiger partial charge in [-0.25, -0.2) is 0 Å². The van der Waals surface area contributed by atoms with Gasteiger partial charge in [-0.05, 0) is 18.5 Å². The average molecular weight is 156 g/mol. The van der Waals surface area contributed by atoms with Crippen LogP contribution < -0.4 is 5.32 Å². The Morgan fingerprint density at radius 1 is 1.64 bits per heavy atom. The lowest BCUT2D eigenvalue weighted by atomic mass is 10.2. The maximum absolute atomic E-state index is 8.05. The summed E-state index contributed by atoms with van der Waals surface area (Å²) in [5.41, 5.74) is 8.05. The van der Waals surface area contributed by atoms with Crippen LogP contribution in [0.25, 0.3) is 10.4 Å². The summed E-state index contributed by atoms with van der Waals surface area (Å²) in [7, 11) is 0. The first-order valence-electron chi connectivity index (χ1n) is 3.76. The fraction of sp³-hybridized carbons (Fsp3) is 1.00. The quantitative estimate of drug-likeness (QED) is 0.362. The van der Waals surface area contributed by atoms with Crippen molar-refractivity contribution in [2.24, 2.45) is 5.11 Å². The van der Waals surface area contributed by atoms with Gasteiger partial charge in [0.15, 0.2) is 0 Å². The van der Waals surface area contributed by atoms with E-state index in [9.17, 15) is 0 Å². The van der Waals surface area contributed by atoms with E-state index >= 15 is 0 Å². The van der Waals surface area contributed by atoms with Crippen molar-refractivity contribution < 1.29 is 4.74 Å². The Kier molecular flexibility index (Phi) is 3.75. The molecule has 0 spiro atoms. The highest BCUT2D eigenvalue weighted by Crippen LogP contribution is 2.01. The van der Waals surface area contributed by atoms with Gasteiger partial charge in [-0.15, -0.1) is 0 Å². The van der Waals surface area contributed by atoms with Gasteiger partial charge in [0.1, 0.15) is 0 Å². The molecule has 0 aromatic heterocycles. The van der Waals surface area contributed by atoms with E-state index in [1.54, 1.807) is 0 Å². The van der Waals surface area contributed by atoms with Gasteiger partial charge < -0.3 is 10.1 Å². The van der Waals surface area contributed by atoms with Crippen LogP contribution in [0.3, 0.4) is 0 Å². The third-order valence-corrected chi connectivity index (χ3v) is 1.62. The summed E-state index contributed by atoms with van der Waals surface area (Å²) in [6, 6.07) is 0. The number of nitrogens with one attached hydrogen (secondary N) is 1. The third-order valence-electron chi connectivity index (χ3n) is 1.62. The first-order chi connectivity index (χ1) is 5.43. The van der Waals surface area contributed by atoms with Gasteiger partial charge in [-0.1, -0.05) is 5.11 Å². The molecule has 5 nitrogen and oxygen atoms in total. The molecule has 1 aliphatic heterocycles. The van der Waals surface area contributed by atoms with Crippen molar-refractivity contribution in [3.05, 3.63) is 10.4 Å². The lowest BCUT2D eigenvalue weighted by Crippen LogP contribution is -2.17. The van der Waals surface area contributed by atoms with Crippen molar-refractivity contribution in [3.63, 3.8) is 0 Å². The van der Waals surface area contributed by atoms with Gasteiger partial charge in [-0.2, -0.15) is 0 Å². The molecule has 0 saturated carbocycles. The summed E-state index contributed by atoms with van der Waals surface area (Å²) in [6.45, 7) is 3.02. The fourth-order valence-electron chi connectivity index (χ4n) is 1.04. The van der Waals surface area contributed by atoms with Crippen molar-refractivity contribution in [2.75, 3.05) is 26.2 Å². The van der Waals surface area contributed by atoms with Gasteiger partial charge in [0.25, 0.3) is 0 Å². The summed E-state index contributed by atoms with van der Waals surface area (Å²) in [5, 5.41) is 6.66. The third kappa shape index (κ3) is 3.23. The number of ether oxygens (including phenoxy) is 1. The highest BCUT2D eigenvalue weighted by atomic mass is 16.5. The summed E-state index contributed by atoms with van der Waals surface area (Å²) in [5.74, 6) is 0. The molecule has 1 fully saturated rings. The molecule has 1 saturated heterocycles. The van der Waals surface area contributed by atoms with Crippen LogP contribution in [0.5, 0.6) is 0 Å². The van der Waals surface area contributed by atoms with Crippen LogP contribution in [-0.2, 0) is 4.74 Å². The lowest BCUT2D eigenvalue weighted by Gasteiger charge is -2.09. The number of hydrogen-bond donors (Lipinski definition) is 1. The first-order valence-corrected chi connectivity index (χ1v) is 3.76. The standard InChI is InChI=1S/C6H12N4O/c7-10-9-5-6-1-2-8-3-4-11-6/h6,8H,1-5H2. The van der Waals surface area contributed by atoms with Gasteiger partial charge >= 0.3 is 0 Å². The number of nitrogens with zero attached hydrogens (tertiary/aromatic N) is 3. The minimum atomic E-state index is 0.112. The molecule has 1 rings (SSSR count). The Morgan fingerprint density at radius 2 is 2.55 bits per heavy atom. The van der Waals surface area contributed by atoms with Crippen LogP contribution in [0.1, 0.15) is 6.42 Å². The van der Waals surface area contributed by atoms with Gasteiger partial charge in [0.05, 0.1) is 19.3 Å². The summed E-state index contributed by atoms with van der Waals surface area (Å²) in [4.78, 5) is 2.68. The molecule has 0 radical (unpaired) electrons. The van der Waals surface area contributed by atoms with Crippen molar-refractivity contribution in [1.82, 2.24) is 5.32 Å². The van der Waals surface area contributed by atoms with E-state index in [2.05, 4.69) is 15.3 Å². The van der Waals surface area contributed by atoms with E-state index in [4.69, 9.17) is 10.3 Å². The molecule has 1 N–H and O–H groups in total. The first kappa shape index (κ1) is 8.33. The monoisotopic (exact) mass is 156 g/mol. The van der Waals surface area contributed by atoms with Crippen molar-refractivity contribution in [1.29, 1.82) is 0 Å². The van der Waals surface area contributed by atoms with Crippen LogP contribution in [0.4, 0.5) is 0 Å². The Balaban J connectivity index is 2.24. The SMILES string of the molecule is [N-]=[N+]=NCC1CCNCCO1. The van der Waals surface area contributed by atoms with E-state index in [-0.39, 0.29) is 6.10 Å². The summed E-state index contributed by atoms with van der Waals surface area (Å²) < 4.78 is 5.38. The molecule has 1 unspecified atom stereocenters. The molecule has 62 valence electrons. The Bertz CT molecular complexity index is 147. The second-order valence-corrected chi connectivity index (χ2v) is 2.44. The van der Waals surface area contributed by atoms with Crippen LogP contribution >= 0.6 is 0 Å². The van der Waals surface area contributed by atoms with Crippen molar-refractivity contribution >= 4 is 0 Å². The summed E-state index contributed by atoms with van der Waals surface area (Å²) in [6.07, 6.45) is 1.04. The van der Waals surface area contributed by atoms with Gasteiger partial charge in [0.2, 0.25) is 0 Å². The molecule has 0 aliphatic carbocycles. The molecule has 0 aromatic rings. The molecule has 1 aliphatic rings. The Morgan fingerprint density at radius 3 is 3.36 bits per heavy atom. The zero-order valence-electron chi connectivity index (χ0n) is 6.36. The van der Waals surface area contributed by atoms with Crippen LogP contribution in [0.15, 0.2) is 5.11 Å². The minimum absolute atomic E-state index is 0.112. The number of hydrogen-bond acceptors (Lipinski definition) is 3. The minimum Gasteiger partial charge on any atom is -0.377 e. The van der Waals surface area contributed by atoms with Gasteiger partial charge in [0, 0.05) is 11.5 Å². The number of rotatable bonds is 2. The maximum Gasteiger partial charge on any atom is 0.0644 e. The second kappa shape index (κ2) is 4.96. The lowest BCUT2D eigenvalue weighted by molar-refractivity contribution is 0.0711. The normalized spacial score (nSPS) is 25.3. The second-order valence-electron chi connectivity index (χ2n) is 2.44. The number of azide groups is 1. The Labute approximate surface area is 65.4 Å². The van der Waals surface area contributed by atoms with E-state index < -0.39 is 0 Å². The predicted octanol–water partition coefficient (Wildman–Crippen LogP) is 0.675.